The Balaban J connectivity index is 1.86. The number of aliphatic hydroxyl groups excluding tert-OH is 1. The van der Waals surface area contributed by atoms with Gasteiger partial charge in [-0.3, -0.25) is 0 Å². The summed E-state index contributed by atoms with van der Waals surface area (Å²) in [6.45, 7) is 2.15. The van der Waals surface area contributed by atoms with Crippen molar-refractivity contribution >= 4 is 0 Å². The Morgan fingerprint density at radius 3 is 2.56 bits per heavy atom. The highest BCUT2D eigenvalue weighted by atomic mass is 16.5. The summed E-state index contributed by atoms with van der Waals surface area (Å²) in [5, 5.41) is 9.93. The van der Waals surface area contributed by atoms with Crippen molar-refractivity contribution < 1.29 is 14.6 Å². The Bertz CT molecular complexity index is 155. The molecule has 0 aromatic heterocycles. The summed E-state index contributed by atoms with van der Waals surface area (Å²) in [6, 6.07) is 0. The third-order valence-corrected chi connectivity index (χ3v) is 3.41. The number of aliphatic hydroxyl groups is 1. The molecule has 0 aliphatic heterocycles. The van der Waals surface area contributed by atoms with Gasteiger partial charge < -0.3 is 14.6 Å². The van der Waals surface area contributed by atoms with Crippen molar-refractivity contribution in [1.82, 2.24) is 0 Å². The van der Waals surface area contributed by atoms with E-state index >= 15 is 0 Å². The molecule has 1 rings (SSSR count). The first-order valence-electron chi connectivity index (χ1n) is 6.59. The molecule has 1 N–H and O–H groups in total. The highest BCUT2D eigenvalue weighted by Gasteiger charge is 2.22. The maximum atomic E-state index is 9.93. The third kappa shape index (κ3) is 5.83. The van der Waals surface area contributed by atoms with Crippen molar-refractivity contribution in [3.8, 4) is 0 Å². The molecule has 0 aromatic rings. The molecule has 1 aliphatic carbocycles. The SMILES string of the molecule is COCCOCCCCC(O)C1CCCC1. The largest absolute Gasteiger partial charge is 0.393 e. The van der Waals surface area contributed by atoms with Crippen LogP contribution in [0.25, 0.3) is 0 Å². The second kappa shape index (κ2) is 8.97. The summed E-state index contributed by atoms with van der Waals surface area (Å²) >= 11 is 0. The number of methoxy groups -OCH3 is 1. The van der Waals surface area contributed by atoms with E-state index in [0.29, 0.717) is 19.1 Å². The Morgan fingerprint density at radius 1 is 1.12 bits per heavy atom. The lowest BCUT2D eigenvalue weighted by molar-refractivity contribution is 0.0629. The number of hydrogen-bond acceptors (Lipinski definition) is 3. The molecule has 0 amide bonds. The van der Waals surface area contributed by atoms with Crippen LogP contribution in [-0.2, 0) is 9.47 Å². The normalized spacial score (nSPS) is 19.1. The van der Waals surface area contributed by atoms with Crippen LogP contribution in [-0.4, -0.2) is 38.1 Å². The van der Waals surface area contributed by atoms with Crippen molar-refractivity contribution in [2.45, 2.75) is 51.0 Å². The summed E-state index contributed by atoms with van der Waals surface area (Å²) in [6.07, 6.45) is 8.07. The lowest BCUT2D eigenvalue weighted by Crippen LogP contribution is -2.17. The molecular weight excluding hydrogens is 204 g/mol. The molecule has 3 nitrogen and oxygen atoms in total. The van der Waals surface area contributed by atoms with Crippen LogP contribution in [0, 0.1) is 5.92 Å². The third-order valence-electron chi connectivity index (χ3n) is 3.41. The van der Waals surface area contributed by atoms with Gasteiger partial charge in [0.2, 0.25) is 0 Å². The van der Waals surface area contributed by atoms with Crippen LogP contribution in [0.3, 0.4) is 0 Å². The predicted molar refractivity (Wildman–Crippen MR) is 64.5 cm³/mol. The molecule has 1 unspecified atom stereocenters. The minimum Gasteiger partial charge on any atom is -0.393 e. The summed E-state index contributed by atoms with van der Waals surface area (Å²) in [7, 11) is 1.68. The first kappa shape index (κ1) is 13.9. The van der Waals surface area contributed by atoms with E-state index in [1.165, 1.54) is 25.7 Å². The summed E-state index contributed by atoms with van der Waals surface area (Å²) in [5.41, 5.74) is 0. The molecule has 0 radical (unpaired) electrons. The molecular formula is C13H26O3. The minimum atomic E-state index is -0.0681. The molecule has 1 aliphatic rings. The number of ether oxygens (including phenoxy) is 2. The van der Waals surface area contributed by atoms with E-state index in [9.17, 15) is 5.11 Å². The Kier molecular flexibility index (Phi) is 7.81. The first-order chi connectivity index (χ1) is 7.84. The molecule has 0 aromatic carbocycles. The minimum absolute atomic E-state index is 0.0681. The molecule has 1 fully saturated rings. The van der Waals surface area contributed by atoms with Gasteiger partial charge >= 0.3 is 0 Å². The van der Waals surface area contributed by atoms with E-state index in [-0.39, 0.29) is 6.10 Å². The van der Waals surface area contributed by atoms with Crippen molar-refractivity contribution in [2.75, 3.05) is 26.9 Å². The van der Waals surface area contributed by atoms with Gasteiger partial charge in [0.05, 0.1) is 19.3 Å². The molecule has 0 bridgehead atoms. The molecule has 0 saturated heterocycles. The van der Waals surface area contributed by atoms with E-state index < -0.39 is 0 Å². The van der Waals surface area contributed by atoms with Gasteiger partial charge in [0.25, 0.3) is 0 Å². The van der Waals surface area contributed by atoms with E-state index in [0.717, 1.165) is 25.9 Å². The molecule has 1 atom stereocenters. The summed E-state index contributed by atoms with van der Waals surface area (Å²) in [5.74, 6) is 0.578. The van der Waals surface area contributed by atoms with Gasteiger partial charge in [-0.1, -0.05) is 12.8 Å². The zero-order valence-corrected chi connectivity index (χ0v) is 10.5. The van der Waals surface area contributed by atoms with Gasteiger partial charge in [-0.15, -0.1) is 0 Å². The second-order valence-corrected chi connectivity index (χ2v) is 4.71. The van der Waals surface area contributed by atoms with Gasteiger partial charge in [-0.2, -0.15) is 0 Å². The van der Waals surface area contributed by atoms with Crippen LogP contribution in [0.4, 0.5) is 0 Å². The van der Waals surface area contributed by atoms with E-state index in [2.05, 4.69) is 0 Å². The zero-order valence-electron chi connectivity index (χ0n) is 10.5. The smallest absolute Gasteiger partial charge is 0.0700 e. The van der Waals surface area contributed by atoms with Gasteiger partial charge in [-0.05, 0) is 38.0 Å². The fourth-order valence-corrected chi connectivity index (χ4v) is 2.38. The van der Waals surface area contributed by atoms with E-state index in [1.807, 2.05) is 0 Å². The average molecular weight is 230 g/mol. The lowest BCUT2D eigenvalue weighted by atomic mass is 9.96. The molecule has 16 heavy (non-hydrogen) atoms. The fourth-order valence-electron chi connectivity index (χ4n) is 2.38. The Morgan fingerprint density at radius 2 is 1.88 bits per heavy atom. The number of hydrogen-bond donors (Lipinski definition) is 1. The van der Waals surface area contributed by atoms with E-state index in [4.69, 9.17) is 9.47 Å². The quantitative estimate of drug-likeness (QED) is 0.618. The Hall–Kier alpha value is -0.120. The molecule has 0 spiro atoms. The van der Waals surface area contributed by atoms with Gasteiger partial charge in [0.1, 0.15) is 0 Å². The summed E-state index contributed by atoms with van der Waals surface area (Å²) in [4.78, 5) is 0. The predicted octanol–water partition coefficient (Wildman–Crippen LogP) is 2.37. The van der Waals surface area contributed by atoms with Crippen LogP contribution >= 0.6 is 0 Å². The highest BCUT2D eigenvalue weighted by Crippen LogP contribution is 2.29. The van der Waals surface area contributed by atoms with Crippen LogP contribution in [0.2, 0.25) is 0 Å². The van der Waals surface area contributed by atoms with Crippen LogP contribution in [0.15, 0.2) is 0 Å². The van der Waals surface area contributed by atoms with Crippen LogP contribution in [0.1, 0.15) is 44.9 Å². The number of rotatable bonds is 9. The van der Waals surface area contributed by atoms with Crippen molar-refractivity contribution in [3.63, 3.8) is 0 Å². The fraction of sp³-hybridized carbons (Fsp3) is 1.00. The highest BCUT2D eigenvalue weighted by molar-refractivity contribution is 4.74. The van der Waals surface area contributed by atoms with Crippen molar-refractivity contribution in [1.29, 1.82) is 0 Å². The van der Waals surface area contributed by atoms with Crippen LogP contribution < -0.4 is 0 Å². The zero-order chi connectivity index (χ0) is 11.6. The molecule has 1 saturated carbocycles. The maximum absolute atomic E-state index is 9.93. The van der Waals surface area contributed by atoms with Crippen molar-refractivity contribution in [3.05, 3.63) is 0 Å². The monoisotopic (exact) mass is 230 g/mol. The average Bonchev–Trinajstić information content (AvgIpc) is 2.81. The standard InChI is InChI=1S/C13H26O3/c1-15-10-11-16-9-5-4-8-13(14)12-6-2-3-7-12/h12-14H,2-11H2,1H3. The summed E-state index contributed by atoms with van der Waals surface area (Å²) < 4.78 is 10.3. The van der Waals surface area contributed by atoms with Gasteiger partial charge in [-0.25, -0.2) is 0 Å². The van der Waals surface area contributed by atoms with Crippen LogP contribution in [0.5, 0.6) is 0 Å². The first-order valence-corrected chi connectivity index (χ1v) is 6.59. The van der Waals surface area contributed by atoms with E-state index in [1.54, 1.807) is 7.11 Å². The van der Waals surface area contributed by atoms with Crippen molar-refractivity contribution in [2.24, 2.45) is 5.92 Å². The van der Waals surface area contributed by atoms with Gasteiger partial charge in [0.15, 0.2) is 0 Å². The topological polar surface area (TPSA) is 38.7 Å². The molecule has 0 heterocycles. The van der Waals surface area contributed by atoms with Gasteiger partial charge in [0, 0.05) is 13.7 Å². The molecule has 3 heteroatoms. The Labute approximate surface area is 99.1 Å². The lowest BCUT2D eigenvalue weighted by Gasteiger charge is -2.17. The second-order valence-electron chi connectivity index (χ2n) is 4.71. The molecule has 96 valence electrons. The number of unbranched alkanes of at least 4 members (excludes halogenated alkanes) is 1. The maximum Gasteiger partial charge on any atom is 0.0700 e.